The Labute approximate surface area is 122 Å². The van der Waals surface area contributed by atoms with E-state index >= 15 is 0 Å². The number of carbonyl (C=O) groups excluding carboxylic acids is 1. The van der Waals surface area contributed by atoms with Crippen molar-refractivity contribution in [3.05, 3.63) is 16.5 Å². The Morgan fingerprint density at radius 3 is 3.00 bits per heavy atom. The van der Waals surface area contributed by atoms with Crippen LogP contribution >= 0.6 is 23.2 Å². The van der Waals surface area contributed by atoms with E-state index in [2.05, 4.69) is 22.2 Å². The zero-order chi connectivity index (χ0) is 13.8. The normalized spacial score (nSPS) is 16.8. The monoisotopic (exact) mass is 302 g/mol. The molecule has 7 heteroatoms. The van der Waals surface area contributed by atoms with Gasteiger partial charge < -0.3 is 10.2 Å². The van der Waals surface area contributed by atoms with E-state index in [0.717, 1.165) is 19.4 Å². The molecule has 0 aliphatic carbocycles. The molecule has 0 spiro atoms. The van der Waals surface area contributed by atoms with Crippen LogP contribution in [0.3, 0.4) is 0 Å². The van der Waals surface area contributed by atoms with Crippen molar-refractivity contribution < 1.29 is 4.79 Å². The van der Waals surface area contributed by atoms with Crippen LogP contribution in [0.4, 0.5) is 5.82 Å². The molecule has 1 aromatic rings. The van der Waals surface area contributed by atoms with Gasteiger partial charge in [0.15, 0.2) is 0 Å². The van der Waals surface area contributed by atoms with Crippen molar-refractivity contribution in [3.8, 4) is 0 Å². The summed E-state index contributed by atoms with van der Waals surface area (Å²) in [4.78, 5) is 21.3. The molecule has 1 aliphatic rings. The van der Waals surface area contributed by atoms with E-state index < -0.39 is 0 Å². The topological polar surface area (TPSA) is 58.1 Å². The molecule has 0 aromatic carbocycles. The van der Waals surface area contributed by atoms with Gasteiger partial charge in [-0.2, -0.15) is 4.98 Å². The molecule has 5 nitrogen and oxygen atoms in total. The maximum Gasteiger partial charge on any atom is 0.224 e. The molecule has 0 saturated carbocycles. The van der Waals surface area contributed by atoms with Gasteiger partial charge in [-0.25, -0.2) is 4.98 Å². The van der Waals surface area contributed by atoms with E-state index in [9.17, 15) is 4.79 Å². The average molecular weight is 303 g/mol. The number of nitrogens with one attached hydrogen (secondary N) is 1. The number of hydrogen-bond acceptors (Lipinski definition) is 4. The number of aromatic nitrogens is 2. The van der Waals surface area contributed by atoms with Crippen LogP contribution in [0.2, 0.25) is 10.3 Å². The smallest absolute Gasteiger partial charge is 0.224 e. The third-order valence-corrected chi connectivity index (χ3v) is 3.67. The highest BCUT2D eigenvalue weighted by atomic mass is 35.5. The Morgan fingerprint density at radius 1 is 1.53 bits per heavy atom. The molecule has 0 unspecified atom stereocenters. The summed E-state index contributed by atoms with van der Waals surface area (Å²) >= 11 is 11.7. The minimum Gasteiger partial charge on any atom is -0.369 e. The molecule has 2 rings (SSSR count). The van der Waals surface area contributed by atoms with E-state index in [1.165, 1.54) is 6.20 Å². The summed E-state index contributed by atoms with van der Waals surface area (Å²) in [7, 11) is 0. The van der Waals surface area contributed by atoms with Gasteiger partial charge in [0, 0.05) is 25.6 Å². The molecule has 1 atom stereocenters. The minimum absolute atomic E-state index is 0.162. The van der Waals surface area contributed by atoms with Crippen LogP contribution in [0.1, 0.15) is 26.2 Å². The number of nitrogens with zero attached hydrogens (tertiary/aromatic N) is 3. The second-order valence-corrected chi connectivity index (χ2v) is 5.34. The fraction of sp³-hybridized carbons (Fsp3) is 0.583. The van der Waals surface area contributed by atoms with Gasteiger partial charge >= 0.3 is 0 Å². The summed E-state index contributed by atoms with van der Waals surface area (Å²) in [5.41, 5.74) is 0. The van der Waals surface area contributed by atoms with Crippen molar-refractivity contribution in [2.75, 3.05) is 18.4 Å². The summed E-state index contributed by atoms with van der Waals surface area (Å²) in [5.74, 6) is 0.775. The largest absolute Gasteiger partial charge is 0.369 e. The van der Waals surface area contributed by atoms with E-state index in [-0.39, 0.29) is 17.2 Å². The highest BCUT2D eigenvalue weighted by Gasteiger charge is 2.24. The number of halogens is 2. The maximum atomic E-state index is 11.6. The van der Waals surface area contributed by atoms with Gasteiger partial charge in [0.25, 0.3) is 0 Å². The molecule has 1 N–H and O–H groups in total. The fourth-order valence-corrected chi connectivity index (χ4v) is 2.45. The van der Waals surface area contributed by atoms with Crippen molar-refractivity contribution in [2.45, 2.75) is 32.2 Å². The fourth-order valence-electron chi connectivity index (χ4n) is 2.16. The third kappa shape index (κ3) is 3.70. The number of rotatable bonds is 5. The van der Waals surface area contributed by atoms with Crippen molar-refractivity contribution in [1.29, 1.82) is 0 Å². The number of carbonyl (C=O) groups is 1. The maximum absolute atomic E-state index is 11.6. The predicted octanol–water partition coefficient (Wildman–Crippen LogP) is 2.60. The van der Waals surface area contributed by atoms with Gasteiger partial charge in [-0.15, -0.1) is 0 Å². The summed E-state index contributed by atoms with van der Waals surface area (Å²) in [6.07, 6.45) is 3.94. The van der Waals surface area contributed by atoms with Gasteiger partial charge in [-0.3, -0.25) is 4.79 Å². The van der Waals surface area contributed by atoms with Crippen LogP contribution in [0.15, 0.2) is 6.20 Å². The molecular weight excluding hydrogens is 287 g/mol. The van der Waals surface area contributed by atoms with Gasteiger partial charge in [0.05, 0.1) is 6.20 Å². The summed E-state index contributed by atoms with van der Waals surface area (Å²) in [6, 6.07) is 0.221. The lowest BCUT2D eigenvalue weighted by molar-refractivity contribution is -0.129. The first kappa shape index (κ1) is 14.3. The van der Waals surface area contributed by atoms with Crippen LogP contribution in [0.5, 0.6) is 0 Å². The SMILES string of the molecule is C[C@@H](CCNc1nc(Cl)ncc1Cl)N1CCCC1=O. The number of amides is 1. The van der Waals surface area contributed by atoms with Crippen LogP contribution in [0, 0.1) is 0 Å². The van der Waals surface area contributed by atoms with Crippen LogP contribution in [-0.2, 0) is 4.79 Å². The Bertz CT molecular complexity index is 469. The van der Waals surface area contributed by atoms with E-state index in [4.69, 9.17) is 23.2 Å². The number of likely N-dealkylation sites (tertiary alicyclic amines) is 1. The molecular formula is C12H16Cl2N4O. The molecule has 1 saturated heterocycles. The average Bonchev–Trinajstić information content (AvgIpc) is 2.80. The highest BCUT2D eigenvalue weighted by Crippen LogP contribution is 2.20. The quantitative estimate of drug-likeness (QED) is 0.850. The molecule has 19 heavy (non-hydrogen) atoms. The van der Waals surface area contributed by atoms with Crippen LogP contribution in [-0.4, -0.2) is 39.9 Å². The molecule has 104 valence electrons. The third-order valence-electron chi connectivity index (χ3n) is 3.21. The lowest BCUT2D eigenvalue weighted by Crippen LogP contribution is -2.35. The molecule has 1 fully saturated rings. The zero-order valence-electron chi connectivity index (χ0n) is 10.7. The Morgan fingerprint density at radius 2 is 2.32 bits per heavy atom. The Hall–Kier alpha value is -1.07. The standard InChI is InChI=1S/C12H16Cl2N4O/c1-8(18-6-2-3-10(18)19)4-5-15-11-9(13)7-16-12(14)17-11/h7-8H,2-6H2,1H3,(H,15,16,17)/t8-/m0/s1. The van der Waals surface area contributed by atoms with Gasteiger partial charge in [-0.1, -0.05) is 11.6 Å². The number of anilines is 1. The number of hydrogen-bond donors (Lipinski definition) is 1. The van der Waals surface area contributed by atoms with Crippen molar-refractivity contribution in [2.24, 2.45) is 0 Å². The lowest BCUT2D eigenvalue weighted by atomic mass is 10.2. The first-order valence-electron chi connectivity index (χ1n) is 6.29. The first-order chi connectivity index (χ1) is 9.08. The van der Waals surface area contributed by atoms with Crippen molar-refractivity contribution in [1.82, 2.24) is 14.9 Å². The molecule has 0 bridgehead atoms. The molecule has 2 heterocycles. The van der Waals surface area contributed by atoms with E-state index in [0.29, 0.717) is 23.8 Å². The second kappa shape index (κ2) is 6.39. The van der Waals surface area contributed by atoms with Gasteiger partial charge in [0.2, 0.25) is 11.2 Å². The predicted molar refractivity (Wildman–Crippen MR) is 75.6 cm³/mol. The van der Waals surface area contributed by atoms with Crippen molar-refractivity contribution >= 4 is 34.9 Å². The zero-order valence-corrected chi connectivity index (χ0v) is 12.2. The van der Waals surface area contributed by atoms with Gasteiger partial charge in [-0.05, 0) is 31.4 Å². The summed E-state index contributed by atoms with van der Waals surface area (Å²) < 4.78 is 0. The lowest BCUT2D eigenvalue weighted by Gasteiger charge is -2.24. The molecule has 1 amide bonds. The highest BCUT2D eigenvalue weighted by molar-refractivity contribution is 6.33. The van der Waals surface area contributed by atoms with Gasteiger partial charge in [0.1, 0.15) is 10.8 Å². The Kier molecular flexibility index (Phi) is 4.82. The van der Waals surface area contributed by atoms with Crippen LogP contribution < -0.4 is 5.32 Å². The minimum atomic E-state index is 0.162. The van der Waals surface area contributed by atoms with E-state index in [1.807, 2.05) is 4.90 Å². The molecule has 1 aromatic heterocycles. The van der Waals surface area contributed by atoms with E-state index in [1.54, 1.807) is 0 Å². The molecule has 0 radical (unpaired) electrons. The second-order valence-electron chi connectivity index (χ2n) is 4.59. The summed E-state index contributed by atoms with van der Waals surface area (Å²) in [5, 5.41) is 3.72. The first-order valence-corrected chi connectivity index (χ1v) is 7.05. The Balaban J connectivity index is 1.83. The van der Waals surface area contributed by atoms with Crippen molar-refractivity contribution in [3.63, 3.8) is 0 Å². The summed E-state index contributed by atoms with van der Waals surface area (Å²) in [6.45, 7) is 3.59. The van der Waals surface area contributed by atoms with Crippen LogP contribution in [0.25, 0.3) is 0 Å². The molecule has 1 aliphatic heterocycles.